The van der Waals surface area contributed by atoms with Gasteiger partial charge in [-0.2, -0.15) is 5.26 Å². The smallest absolute Gasteiger partial charge is 0.232 e. The molecule has 0 saturated carbocycles. The van der Waals surface area contributed by atoms with Crippen molar-refractivity contribution in [3.05, 3.63) is 95.8 Å². The third-order valence-corrected chi connectivity index (χ3v) is 3.92. The normalized spacial score (nSPS) is 11.3. The maximum atomic E-state index is 12.9. The molecule has 0 fully saturated rings. The number of hydrogen-bond acceptors (Lipinski definition) is 3. The van der Waals surface area contributed by atoms with Crippen LogP contribution in [0.15, 0.2) is 79.0 Å². The highest BCUT2D eigenvalue weighted by molar-refractivity contribution is 5.96. The number of amides is 1. The van der Waals surface area contributed by atoms with Gasteiger partial charge in [0, 0.05) is 24.0 Å². The van der Waals surface area contributed by atoms with Gasteiger partial charge in [0.25, 0.3) is 0 Å². The number of pyridine rings is 1. The van der Waals surface area contributed by atoms with E-state index in [-0.39, 0.29) is 11.8 Å². The molecule has 2 aromatic carbocycles. The van der Waals surface area contributed by atoms with Gasteiger partial charge in [0.2, 0.25) is 5.91 Å². The molecule has 1 unspecified atom stereocenters. The molecule has 25 heavy (non-hydrogen) atoms. The number of rotatable bonds is 5. The molecule has 0 aliphatic heterocycles. The Bertz CT molecular complexity index is 886. The van der Waals surface area contributed by atoms with Crippen LogP contribution in [0, 0.1) is 11.3 Å². The molecule has 122 valence electrons. The Balaban J connectivity index is 1.85. The number of nitriles is 1. The fraction of sp³-hybridized carbons (Fsp3) is 0.0952. The van der Waals surface area contributed by atoms with Crippen LogP contribution in [0.25, 0.3) is 0 Å². The van der Waals surface area contributed by atoms with Gasteiger partial charge < -0.3 is 5.32 Å². The summed E-state index contributed by atoms with van der Waals surface area (Å²) >= 11 is 0. The molecule has 0 aliphatic rings. The molecule has 3 aromatic rings. The Kier molecular flexibility index (Phi) is 5.18. The average Bonchev–Trinajstić information content (AvgIpc) is 2.67. The minimum Gasteiger partial charge on any atom is -0.326 e. The Morgan fingerprint density at radius 2 is 1.84 bits per heavy atom. The summed E-state index contributed by atoms with van der Waals surface area (Å²) in [6, 6.07) is 24.3. The first-order chi connectivity index (χ1) is 12.3. The summed E-state index contributed by atoms with van der Waals surface area (Å²) in [5, 5.41) is 11.9. The quantitative estimate of drug-likeness (QED) is 0.772. The van der Waals surface area contributed by atoms with Crippen LogP contribution in [0.4, 0.5) is 5.69 Å². The summed E-state index contributed by atoms with van der Waals surface area (Å²) in [4.78, 5) is 17.2. The van der Waals surface area contributed by atoms with E-state index in [9.17, 15) is 4.79 Å². The Hall–Kier alpha value is -3.45. The van der Waals surface area contributed by atoms with Crippen LogP contribution in [0.3, 0.4) is 0 Å². The van der Waals surface area contributed by atoms with E-state index in [0.29, 0.717) is 17.7 Å². The van der Waals surface area contributed by atoms with E-state index in [1.807, 2.05) is 48.5 Å². The minimum atomic E-state index is -0.359. The van der Waals surface area contributed by atoms with Crippen molar-refractivity contribution in [2.24, 2.45) is 0 Å². The van der Waals surface area contributed by atoms with E-state index in [1.54, 1.807) is 30.5 Å². The largest absolute Gasteiger partial charge is 0.326 e. The van der Waals surface area contributed by atoms with Crippen molar-refractivity contribution < 1.29 is 4.79 Å². The molecule has 0 radical (unpaired) electrons. The second kappa shape index (κ2) is 7.89. The monoisotopic (exact) mass is 327 g/mol. The van der Waals surface area contributed by atoms with Crippen molar-refractivity contribution in [2.45, 2.75) is 12.3 Å². The maximum Gasteiger partial charge on any atom is 0.232 e. The van der Waals surface area contributed by atoms with Gasteiger partial charge in [-0.1, -0.05) is 42.5 Å². The van der Waals surface area contributed by atoms with Crippen molar-refractivity contribution in [1.82, 2.24) is 4.98 Å². The standard InChI is InChI=1S/C21H17N3O/c22-15-16-7-6-11-19(13-16)24-21(25)20(17-8-2-1-3-9-17)14-18-10-4-5-12-23-18/h1-13,20H,14H2,(H,24,25). The van der Waals surface area contributed by atoms with E-state index in [2.05, 4.69) is 16.4 Å². The van der Waals surface area contributed by atoms with Gasteiger partial charge in [0.05, 0.1) is 17.6 Å². The first-order valence-electron chi connectivity index (χ1n) is 8.02. The summed E-state index contributed by atoms with van der Waals surface area (Å²) in [7, 11) is 0. The lowest BCUT2D eigenvalue weighted by Gasteiger charge is -2.17. The summed E-state index contributed by atoms with van der Waals surface area (Å²) in [6.45, 7) is 0. The van der Waals surface area contributed by atoms with Crippen LogP contribution in [-0.4, -0.2) is 10.9 Å². The predicted octanol–water partition coefficient (Wildman–Crippen LogP) is 3.92. The molecule has 4 heteroatoms. The first-order valence-corrected chi connectivity index (χ1v) is 8.02. The van der Waals surface area contributed by atoms with Gasteiger partial charge in [-0.15, -0.1) is 0 Å². The van der Waals surface area contributed by atoms with Crippen LogP contribution in [0.2, 0.25) is 0 Å². The molecule has 1 N–H and O–H groups in total. The molecule has 4 nitrogen and oxygen atoms in total. The second-order valence-electron chi connectivity index (χ2n) is 5.67. The van der Waals surface area contributed by atoms with Gasteiger partial charge in [0.1, 0.15) is 0 Å². The first kappa shape index (κ1) is 16.4. The lowest BCUT2D eigenvalue weighted by atomic mass is 9.93. The zero-order valence-electron chi connectivity index (χ0n) is 13.6. The number of carbonyl (C=O) groups is 1. The topological polar surface area (TPSA) is 65.8 Å². The molecule has 1 atom stereocenters. The Labute approximate surface area is 146 Å². The van der Waals surface area contributed by atoms with Gasteiger partial charge in [-0.25, -0.2) is 0 Å². The highest BCUT2D eigenvalue weighted by atomic mass is 16.1. The number of aromatic nitrogens is 1. The average molecular weight is 327 g/mol. The van der Waals surface area contributed by atoms with Gasteiger partial charge in [0.15, 0.2) is 0 Å². The Morgan fingerprint density at radius 3 is 2.56 bits per heavy atom. The summed E-state index contributed by atoms with van der Waals surface area (Å²) < 4.78 is 0. The van der Waals surface area contributed by atoms with Gasteiger partial charge in [-0.3, -0.25) is 9.78 Å². The van der Waals surface area contributed by atoms with Crippen molar-refractivity contribution in [3.8, 4) is 6.07 Å². The fourth-order valence-electron chi connectivity index (χ4n) is 2.67. The van der Waals surface area contributed by atoms with Crippen molar-refractivity contribution in [3.63, 3.8) is 0 Å². The van der Waals surface area contributed by atoms with Crippen molar-refractivity contribution >= 4 is 11.6 Å². The van der Waals surface area contributed by atoms with Crippen LogP contribution in [-0.2, 0) is 11.2 Å². The predicted molar refractivity (Wildman–Crippen MR) is 96.9 cm³/mol. The molecule has 0 bridgehead atoms. The third kappa shape index (κ3) is 4.30. The van der Waals surface area contributed by atoms with E-state index < -0.39 is 0 Å². The van der Waals surface area contributed by atoms with Crippen LogP contribution in [0.5, 0.6) is 0 Å². The number of hydrogen-bond donors (Lipinski definition) is 1. The lowest BCUT2D eigenvalue weighted by Crippen LogP contribution is -2.23. The molecule has 0 spiro atoms. The highest BCUT2D eigenvalue weighted by Gasteiger charge is 2.21. The molecule has 0 aliphatic carbocycles. The minimum absolute atomic E-state index is 0.119. The van der Waals surface area contributed by atoms with E-state index >= 15 is 0 Å². The van der Waals surface area contributed by atoms with Crippen LogP contribution in [0.1, 0.15) is 22.7 Å². The molecular formula is C21H17N3O. The molecule has 0 saturated heterocycles. The molecular weight excluding hydrogens is 310 g/mol. The second-order valence-corrected chi connectivity index (χ2v) is 5.67. The SMILES string of the molecule is N#Cc1cccc(NC(=O)C(Cc2ccccn2)c2ccccc2)c1. The van der Waals surface area contributed by atoms with Crippen molar-refractivity contribution in [1.29, 1.82) is 5.26 Å². The van der Waals surface area contributed by atoms with E-state index in [1.165, 1.54) is 0 Å². The fourth-order valence-corrected chi connectivity index (χ4v) is 2.67. The zero-order chi connectivity index (χ0) is 17.5. The van der Waals surface area contributed by atoms with Crippen LogP contribution < -0.4 is 5.32 Å². The van der Waals surface area contributed by atoms with Crippen LogP contribution >= 0.6 is 0 Å². The van der Waals surface area contributed by atoms with E-state index in [0.717, 1.165) is 11.3 Å². The summed E-state index contributed by atoms with van der Waals surface area (Å²) in [5.74, 6) is -0.478. The highest BCUT2D eigenvalue weighted by Crippen LogP contribution is 2.22. The molecule has 1 heterocycles. The summed E-state index contributed by atoms with van der Waals surface area (Å²) in [6.07, 6.45) is 2.24. The lowest BCUT2D eigenvalue weighted by molar-refractivity contribution is -0.117. The molecule has 1 amide bonds. The van der Waals surface area contributed by atoms with Gasteiger partial charge >= 0.3 is 0 Å². The molecule has 3 rings (SSSR count). The number of benzene rings is 2. The Morgan fingerprint density at radius 1 is 1.04 bits per heavy atom. The number of anilines is 1. The summed E-state index contributed by atoms with van der Waals surface area (Å²) in [5.41, 5.74) is 2.92. The third-order valence-electron chi connectivity index (χ3n) is 3.92. The maximum absolute atomic E-state index is 12.9. The number of nitrogens with zero attached hydrogens (tertiary/aromatic N) is 2. The van der Waals surface area contributed by atoms with Crippen molar-refractivity contribution in [2.75, 3.05) is 5.32 Å². The van der Waals surface area contributed by atoms with Gasteiger partial charge in [-0.05, 0) is 35.9 Å². The molecule has 1 aromatic heterocycles. The zero-order valence-corrected chi connectivity index (χ0v) is 13.6. The number of nitrogens with one attached hydrogen (secondary N) is 1. The van der Waals surface area contributed by atoms with E-state index in [4.69, 9.17) is 5.26 Å². The number of carbonyl (C=O) groups excluding carboxylic acids is 1.